The van der Waals surface area contributed by atoms with Gasteiger partial charge in [0, 0.05) is 48.9 Å². The molecular formula is C27H31N3O4S. The van der Waals surface area contributed by atoms with Crippen molar-refractivity contribution in [3.8, 4) is 16.9 Å². The van der Waals surface area contributed by atoms with Crippen LogP contribution in [0.4, 0.5) is 10.7 Å². The summed E-state index contributed by atoms with van der Waals surface area (Å²) in [6, 6.07) is 14.2. The minimum Gasteiger partial charge on any atom is -0.497 e. The summed E-state index contributed by atoms with van der Waals surface area (Å²) >= 11 is 1.35. The summed E-state index contributed by atoms with van der Waals surface area (Å²) < 4.78 is 10.4. The number of esters is 1. The van der Waals surface area contributed by atoms with Crippen LogP contribution in [-0.4, -0.2) is 63.7 Å². The predicted molar refractivity (Wildman–Crippen MR) is 141 cm³/mol. The monoisotopic (exact) mass is 493 g/mol. The zero-order valence-electron chi connectivity index (χ0n) is 20.6. The van der Waals surface area contributed by atoms with Crippen molar-refractivity contribution in [2.45, 2.75) is 13.8 Å². The first kappa shape index (κ1) is 24.8. The molecule has 0 radical (unpaired) electrons. The zero-order valence-corrected chi connectivity index (χ0v) is 21.4. The highest BCUT2D eigenvalue weighted by Crippen LogP contribution is 2.38. The molecule has 0 saturated carbocycles. The Labute approximate surface area is 210 Å². The summed E-state index contributed by atoms with van der Waals surface area (Å²) in [6.45, 7) is 7.48. The van der Waals surface area contributed by atoms with Crippen molar-refractivity contribution in [3.63, 3.8) is 0 Å². The molecule has 0 atom stereocenters. The Bertz CT molecular complexity index is 1210. The van der Waals surface area contributed by atoms with Crippen molar-refractivity contribution in [1.82, 2.24) is 4.90 Å². The number of methoxy groups -OCH3 is 2. The molecule has 0 unspecified atom stereocenters. The van der Waals surface area contributed by atoms with Crippen molar-refractivity contribution < 1.29 is 19.1 Å². The number of piperazine rings is 1. The second-order valence-electron chi connectivity index (χ2n) is 8.68. The summed E-state index contributed by atoms with van der Waals surface area (Å²) in [7, 11) is 3.03. The van der Waals surface area contributed by atoms with Crippen LogP contribution in [0.2, 0.25) is 0 Å². The molecule has 1 saturated heterocycles. The number of nitrogens with zero attached hydrogens (tertiary/aromatic N) is 2. The molecule has 1 aromatic heterocycles. The van der Waals surface area contributed by atoms with Gasteiger partial charge in [-0.1, -0.05) is 29.8 Å². The Morgan fingerprint density at radius 3 is 2.49 bits per heavy atom. The van der Waals surface area contributed by atoms with Crippen LogP contribution in [0, 0.1) is 13.8 Å². The molecule has 2 heterocycles. The average molecular weight is 494 g/mol. The molecule has 184 valence electrons. The lowest BCUT2D eigenvalue weighted by Gasteiger charge is -2.35. The van der Waals surface area contributed by atoms with Crippen LogP contribution in [0.25, 0.3) is 11.1 Å². The number of hydrogen-bond donors (Lipinski definition) is 1. The van der Waals surface area contributed by atoms with Gasteiger partial charge in [0.05, 0.1) is 20.8 Å². The minimum absolute atomic E-state index is 0.139. The Morgan fingerprint density at radius 1 is 1.00 bits per heavy atom. The number of carbonyl (C=O) groups excluding carboxylic acids is 2. The Balaban J connectivity index is 1.42. The summed E-state index contributed by atoms with van der Waals surface area (Å²) in [4.78, 5) is 30.0. The molecule has 1 aliphatic rings. The van der Waals surface area contributed by atoms with Crippen LogP contribution in [0.1, 0.15) is 21.5 Å². The number of carbonyl (C=O) groups is 2. The number of thiophene rings is 1. The van der Waals surface area contributed by atoms with Gasteiger partial charge in [-0.25, -0.2) is 4.79 Å². The molecule has 35 heavy (non-hydrogen) atoms. The first-order valence-electron chi connectivity index (χ1n) is 11.6. The van der Waals surface area contributed by atoms with E-state index in [1.807, 2.05) is 49.6 Å². The van der Waals surface area contributed by atoms with E-state index in [-0.39, 0.29) is 12.5 Å². The third kappa shape index (κ3) is 5.66. The molecule has 1 fully saturated rings. The van der Waals surface area contributed by atoms with Crippen LogP contribution in [0.5, 0.6) is 5.75 Å². The van der Waals surface area contributed by atoms with Gasteiger partial charge in [-0.3, -0.25) is 9.69 Å². The van der Waals surface area contributed by atoms with E-state index in [0.717, 1.165) is 59.9 Å². The number of ether oxygens (including phenoxy) is 2. The van der Waals surface area contributed by atoms with Gasteiger partial charge in [0.1, 0.15) is 16.3 Å². The van der Waals surface area contributed by atoms with Crippen molar-refractivity contribution in [1.29, 1.82) is 0 Å². The van der Waals surface area contributed by atoms with Crippen molar-refractivity contribution in [2.75, 3.05) is 57.2 Å². The number of aryl methyl sites for hydroxylation is 2. The number of amides is 1. The van der Waals surface area contributed by atoms with Gasteiger partial charge in [0.25, 0.3) is 0 Å². The van der Waals surface area contributed by atoms with E-state index in [1.165, 1.54) is 18.4 Å². The molecular weight excluding hydrogens is 462 g/mol. The molecule has 1 aliphatic heterocycles. The van der Waals surface area contributed by atoms with E-state index in [0.29, 0.717) is 10.6 Å². The Hall–Kier alpha value is -3.36. The second-order valence-corrected chi connectivity index (χ2v) is 9.56. The molecule has 0 aliphatic carbocycles. The summed E-state index contributed by atoms with van der Waals surface area (Å²) in [5.74, 6) is 0.241. The summed E-state index contributed by atoms with van der Waals surface area (Å²) in [6.07, 6.45) is 0. The van der Waals surface area contributed by atoms with Crippen molar-refractivity contribution >= 4 is 33.9 Å². The van der Waals surface area contributed by atoms with E-state index >= 15 is 0 Å². The standard InChI is InChI=1S/C27H31N3O4S/c1-18-8-9-19(2)22(14-18)23-17-35-26(25(23)27(32)34-4)28-24(31)16-29-10-12-30(13-11-29)20-6-5-7-21(15-20)33-3/h5-9,14-15,17H,10-13,16H2,1-4H3,(H,28,31). The van der Waals surface area contributed by atoms with E-state index in [4.69, 9.17) is 9.47 Å². The molecule has 0 spiro atoms. The molecule has 7 nitrogen and oxygen atoms in total. The van der Waals surface area contributed by atoms with E-state index < -0.39 is 5.97 Å². The van der Waals surface area contributed by atoms with Crippen LogP contribution in [0.3, 0.4) is 0 Å². The SMILES string of the molecule is COC(=O)c1c(-c2cc(C)ccc2C)csc1NC(=O)CN1CCN(c2cccc(OC)c2)CC1. The highest BCUT2D eigenvalue weighted by atomic mass is 32.1. The minimum atomic E-state index is -0.454. The van der Waals surface area contributed by atoms with Gasteiger partial charge < -0.3 is 19.7 Å². The average Bonchev–Trinajstić information content (AvgIpc) is 3.28. The van der Waals surface area contributed by atoms with Crippen molar-refractivity contribution in [3.05, 3.63) is 64.5 Å². The largest absolute Gasteiger partial charge is 0.497 e. The van der Waals surface area contributed by atoms with Crippen molar-refractivity contribution in [2.24, 2.45) is 0 Å². The highest BCUT2D eigenvalue weighted by Gasteiger charge is 2.25. The lowest BCUT2D eigenvalue weighted by atomic mass is 9.97. The number of hydrogen-bond acceptors (Lipinski definition) is 7. The Morgan fingerprint density at radius 2 is 1.77 bits per heavy atom. The fraction of sp³-hybridized carbons (Fsp3) is 0.333. The first-order chi connectivity index (χ1) is 16.9. The topological polar surface area (TPSA) is 71.1 Å². The third-order valence-electron chi connectivity index (χ3n) is 6.27. The van der Waals surface area contributed by atoms with Crippen LogP contribution >= 0.6 is 11.3 Å². The zero-order chi connectivity index (χ0) is 24.9. The molecule has 3 aromatic rings. The van der Waals surface area contributed by atoms with Gasteiger partial charge in [-0.15, -0.1) is 11.3 Å². The van der Waals surface area contributed by atoms with Gasteiger partial charge in [0.15, 0.2) is 0 Å². The fourth-order valence-corrected chi connectivity index (χ4v) is 5.28. The van der Waals surface area contributed by atoms with Gasteiger partial charge >= 0.3 is 5.97 Å². The quantitative estimate of drug-likeness (QED) is 0.486. The maximum atomic E-state index is 12.9. The third-order valence-corrected chi connectivity index (χ3v) is 7.17. The lowest BCUT2D eigenvalue weighted by molar-refractivity contribution is -0.117. The molecule has 2 aromatic carbocycles. The van der Waals surface area contributed by atoms with Gasteiger partial charge in [0.2, 0.25) is 5.91 Å². The molecule has 0 bridgehead atoms. The molecule has 1 amide bonds. The van der Waals surface area contributed by atoms with E-state index in [1.54, 1.807) is 7.11 Å². The molecule has 8 heteroatoms. The second kappa shape index (κ2) is 10.9. The first-order valence-corrected chi connectivity index (χ1v) is 12.5. The number of rotatable bonds is 7. The number of benzene rings is 2. The predicted octanol–water partition coefficient (Wildman–Crippen LogP) is 4.59. The Kier molecular flexibility index (Phi) is 7.73. The maximum absolute atomic E-state index is 12.9. The summed E-state index contributed by atoms with van der Waals surface area (Å²) in [5.41, 5.74) is 5.44. The molecule has 4 rings (SSSR count). The van der Waals surface area contributed by atoms with Crippen LogP contribution in [-0.2, 0) is 9.53 Å². The normalized spacial score (nSPS) is 14.0. The van der Waals surface area contributed by atoms with Gasteiger partial charge in [-0.2, -0.15) is 0 Å². The maximum Gasteiger partial charge on any atom is 0.341 e. The lowest BCUT2D eigenvalue weighted by Crippen LogP contribution is -2.48. The number of anilines is 2. The van der Waals surface area contributed by atoms with Crippen LogP contribution in [0.15, 0.2) is 47.8 Å². The van der Waals surface area contributed by atoms with Gasteiger partial charge in [-0.05, 0) is 37.1 Å². The smallest absolute Gasteiger partial charge is 0.341 e. The number of nitrogens with one attached hydrogen (secondary N) is 1. The fourth-order valence-electron chi connectivity index (χ4n) is 4.32. The highest BCUT2D eigenvalue weighted by molar-refractivity contribution is 7.15. The van der Waals surface area contributed by atoms with E-state index in [2.05, 4.69) is 27.2 Å². The summed E-state index contributed by atoms with van der Waals surface area (Å²) in [5, 5.41) is 5.40. The van der Waals surface area contributed by atoms with Crippen LogP contribution < -0.4 is 15.0 Å². The molecule has 1 N–H and O–H groups in total. The van der Waals surface area contributed by atoms with E-state index in [9.17, 15) is 9.59 Å².